The number of halogens is 2. The fraction of sp³-hybridized carbons (Fsp3) is 0.133. The van der Waals surface area contributed by atoms with Gasteiger partial charge in [-0.3, -0.25) is 4.79 Å². The third kappa shape index (κ3) is 3.69. The largest absolute Gasteiger partial charge is 0.484 e. The van der Waals surface area contributed by atoms with E-state index >= 15 is 0 Å². The highest BCUT2D eigenvalue weighted by atomic mass is 35.5. The van der Waals surface area contributed by atoms with Crippen LogP contribution in [0, 0.1) is 0 Å². The fourth-order valence-electron chi connectivity index (χ4n) is 1.63. The van der Waals surface area contributed by atoms with Crippen LogP contribution in [0.2, 0.25) is 10.0 Å². The standard InChI is InChI=1S/C15H12Cl2O2S/c1-20-15-5-3-2-4-14(15)19-9-13(18)10-6-7-11(16)12(17)8-10/h2-8H,9H2,1H3. The van der Waals surface area contributed by atoms with Crippen LogP contribution in [-0.2, 0) is 0 Å². The highest BCUT2D eigenvalue weighted by Crippen LogP contribution is 2.27. The molecule has 0 amide bonds. The predicted octanol–water partition coefficient (Wildman–Crippen LogP) is 4.98. The number of para-hydroxylation sites is 1. The maximum atomic E-state index is 12.0. The zero-order valence-corrected chi connectivity index (χ0v) is 13.1. The van der Waals surface area contributed by atoms with Crippen molar-refractivity contribution in [2.45, 2.75) is 4.90 Å². The van der Waals surface area contributed by atoms with Crippen molar-refractivity contribution in [3.8, 4) is 5.75 Å². The van der Waals surface area contributed by atoms with Crippen molar-refractivity contribution >= 4 is 40.7 Å². The molecule has 5 heteroatoms. The van der Waals surface area contributed by atoms with Gasteiger partial charge in [-0.25, -0.2) is 0 Å². The average molecular weight is 327 g/mol. The van der Waals surface area contributed by atoms with E-state index in [4.69, 9.17) is 27.9 Å². The molecule has 2 aromatic rings. The van der Waals surface area contributed by atoms with Gasteiger partial charge in [0.2, 0.25) is 0 Å². The van der Waals surface area contributed by atoms with Crippen LogP contribution in [0.5, 0.6) is 5.75 Å². The second kappa shape index (κ2) is 7.02. The van der Waals surface area contributed by atoms with Crippen LogP contribution in [0.25, 0.3) is 0 Å². The lowest BCUT2D eigenvalue weighted by Crippen LogP contribution is -2.11. The van der Waals surface area contributed by atoms with Gasteiger partial charge >= 0.3 is 0 Å². The molecule has 0 unspecified atom stereocenters. The first-order chi connectivity index (χ1) is 9.61. The summed E-state index contributed by atoms with van der Waals surface area (Å²) >= 11 is 13.3. The zero-order chi connectivity index (χ0) is 14.5. The normalized spacial score (nSPS) is 10.3. The Morgan fingerprint density at radius 1 is 1.15 bits per heavy atom. The summed E-state index contributed by atoms with van der Waals surface area (Å²) in [6, 6.07) is 12.4. The number of carbonyl (C=O) groups excluding carboxylic acids is 1. The van der Waals surface area contributed by atoms with Gasteiger partial charge in [-0.15, -0.1) is 11.8 Å². The maximum Gasteiger partial charge on any atom is 0.200 e. The van der Waals surface area contributed by atoms with Crippen LogP contribution < -0.4 is 4.74 Å². The van der Waals surface area contributed by atoms with E-state index in [-0.39, 0.29) is 12.4 Å². The molecule has 0 aliphatic carbocycles. The van der Waals surface area contributed by atoms with Crippen molar-refractivity contribution in [2.75, 3.05) is 12.9 Å². The number of benzene rings is 2. The Bertz CT molecular complexity index is 629. The molecule has 0 saturated carbocycles. The summed E-state index contributed by atoms with van der Waals surface area (Å²) in [5.74, 6) is 0.563. The van der Waals surface area contributed by atoms with Crippen LogP contribution in [-0.4, -0.2) is 18.6 Å². The lowest BCUT2D eigenvalue weighted by molar-refractivity contribution is 0.0919. The van der Waals surface area contributed by atoms with Gasteiger partial charge in [0.25, 0.3) is 0 Å². The smallest absolute Gasteiger partial charge is 0.200 e. The fourth-order valence-corrected chi connectivity index (χ4v) is 2.48. The topological polar surface area (TPSA) is 26.3 Å². The molecule has 0 aromatic heterocycles. The second-order valence-electron chi connectivity index (χ2n) is 3.99. The molecule has 0 fully saturated rings. The van der Waals surface area contributed by atoms with Gasteiger partial charge in [0.15, 0.2) is 12.4 Å². The lowest BCUT2D eigenvalue weighted by Gasteiger charge is -2.09. The summed E-state index contributed by atoms with van der Waals surface area (Å²) in [7, 11) is 0. The van der Waals surface area contributed by atoms with Crippen molar-refractivity contribution < 1.29 is 9.53 Å². The summed E-state index contributed by atoms with van der Waals surface area (Å²) in [6.45, 7) is -0.0322. The molecule has 0 bridgehead atoms. The van der Waals surface area contributed by atoms with E-state index in [0.717, 1.165) is 4.90 Å². The first-order valence-corrected chi connectivity index (χ1v) is 7.84. The van der Waals surface area contributed by atoms with Crippen molar-refractivity contribution in [3.05, 3.63) is 58.1 Å². The van der Waals surface area contributed by atoms with Crippen LogP contribution in [0.1, 0.15) is 10.4 Å². The Kier molecular flexibility index (Phi) is 5.35. The monoisotopic (exact) mass is 326 g/mol. The number of hydrogen-bond acceptors (Lipinski definition) is 3. The summed E-state index contributed by atoms with van der Waals surface area (Å²) in [6.07, 6.45) is 1.96. The van der Waals surface area contributed by atoms with E-state index in [1.165, 1.54) is 0 Å². The molecule has 0 aliphatic heterocycles. The van der Waals surface area contributed by atoms with Gasteiger partial charge in [0.1, 0.15) is 5.75 Å². The Balaban J connectivity index is 2.06. The van der Waals surface area contributed by atoms with Crippen molar-refractivity contribution in [1.82, 2.24) is 0 Å². The van der Waals surface area contributed by atoms with Crippen LogP contribution in [0.3, 0.4) is 0 Å². The molecule has 0 N–H and O–H groups in total. The van der Waals surface area contributed by atoms with E-state index < -0.39 is 0 Å². The molecular formula is C15H12Cl2O2S. The van der Waals surface area contributed by atoms with Crippen LogP contribution >= 0.6 is 35.0 Å². The number of hydrogen-bond donors (Lipinski definition) is 0. The van der Waals surface area contributed by atoms with Crippen LogP contribution in [0.4, 0.5) is 0 Å². The molecule has 0 atom stereocenters. The molecule has 0 saturated heterocycles. The number of thioether (sulfide) groups is 1. The quantitative estimate of drug-likeness (QED) is 0.572. The van der Waals surface area contributed by atoms with Gasteiger partial charge in [-0.2, -0.15) is 0 Å². The first kappa shape index (κ1) is 15.2. The highest BCUT2D eigenvalue weighted by Gasteiger charge is 2.10. The predicted molar refractivity (Wildman–Crippen MR) is 84.5 cm³/mol. The summed E-state index contributed by atoms with van der Waals surface area (Å²) in [5, 5.41) is 0.791. The minimum atomic E-state index is -0.139. The summed E-state index contributed by atoms with van der Waals surface area (Å²) < 4.78 is 5.57. The van der Waals surface area contributed by atoms with Crippen molar-refractivity contribution in [2.24, 2.45) is 0 Å². The first-order valence-electron chi connectivity index (χ1n) is 5.86. The lowest BCUT2D eigenvalue weighted by atomic mass is 10.1. The summed E-state index contributed by atoms with van der Waals surface area (Å²) in [4.78, 5) is 13.0. The van der Waals surface area contributed by atoms with Gasteiger partial charge < -0.3 is 4.74 Å². The van der Waals surface area contributed by atoms with E-state index in [9.17, 15) is 4.79 Å². The Labute approximate surface area is 132 Å². The molecule has 104 valence electrons. The molecule has 0 spiro atoms. The molecule has 2 aromatic carbocycles. The number of rotatable bonds is 5. The Morgan fingerprint density at radius 2 is 1.90 bits per heavy atom. The van der Waals surface area contributed by atoms with Crippen molar-refractivity contribution in [1.29, 1.82) is 0 Å². The summed E-state index contributed by atoms with van der Waals surface area (Å²) in [5.41, 5.74) is 0.487. The molecule has 20 heavy (non-hydrogen) atoms. The number of ketones is 1. The Hall–Kier alpha value is -1.16. The van der Waals surface area contributed by atoms with E-state index in [2.05, 4.69) is 0 Å². The molecule has 0 heterocycles. The van der Waals surface area contributed by atoms with Crippen molar-refractivity contribution in [3.63, 3.8) is 0 Å². The molecule has 0 radical (unpaired) electrons. The van der Waals surface area contributed by atoms with E-state index in [0.29, 0.717) is 21.4 Å². The van der Waals surface area contributed by atoms with E-state index in [1.54, 1.807) is 30.0 Å². The van der Waals surface area contributed by atoms with Gasteiger partial charge in [-0.05, 0) is 36.6 Å². The van der Waals surface area contributed by atoms with Gasteiger partial charge in [0, 0.05) is 10.5 Å². The SMILES string of the molecule is CSc1ccccc1OCC(=O)c1ccc(Cl)c(Cl)c1. The highest BCUT2D eigenvalue weighted by molar-refractivity contribution is 7.98. The number of Topliss-reactive ketones (excluding diaryl/α,β-unsaturated/α-hetero) is 1. The van der Waals surface area contributed by atoms with Gasteiger partial charge in [-0.1, -0.05) is 35.3 Å². The molecule has 0 aliphatic rings. The van der Waals surface area contributed by atoms with Crippen LogP contribution in [0.15, 0.2) is 47.4 Å². The number of ether oxygens (including phenoxy) is 1. The number of carbonyl (C=O) groups is 1. The minimum absolute atomic E-state index is 0.0322. The Morgan fingerprint density at radius 3 is 2.60 bits per heavy atom. The van der Waals surface area contributed by atoms with E-state index in [1.807, 2.05) is 30.5 Å². The van der Waals surface area contributed by atoms with Gasteiger partial charge in [0.05, 0.1) is 10.0 Å². The third-order valence-electron chi connectivity index (χ3n) is 2.67. The second-order valence-corrected chi connectivity index (χ2v) is 5.65. The maximum absolute atomic E-state index is 12.0. The molecule has 2 rings (SSSR count). The average Bonchev–Trinajstić information content (AvgIpc) is 2.47. The zero-order valence-electron chi connectivity index (χ0n) is 10.7. The minimum Gasteiger partial charge on any atom is -0.484 e. The molecular weight excluding hydrogens is 315 g/mol. The molecule has 2 nitrogen and oxygen atoms in total. The third-order valence-corrected chi connectivity index (χ3v) is 4.19.